The molecule has 0 aromatic carbocycles. The number of allylic oxidation sites excluding steroid dienone is 5. The zero-order valence-electron chi connectivity index (χ0n) is 13.0. The summed E-state index contributed by atoms with van der Waals surface area (Å²) >= 11 is 0. The minimum absolute atomic E-state index is 0.629. The second kappa shape index (κ2) is 9.12. The summed E-state index contributed by atoms with van der Waals surface area (Å²) in [4.78, 5) is 0. The zero-order chi connectivity index (χ0) is 15.7. The molecule has 0 bridgehead atoms. The first-order valence-electron chi connectivity index (χ1n) is 7.18. The normalized spacial score (nSPS) is 17.8. The van der Waals surface area contributed by atoms with E-state index in [1.54, 1.807) is 0 Å². The van der Waals surface area contributed by atoms with Crippen molar-refractivity contribution in [3.63, 3.8) is 0 Å². The minimum atomic E-state index is 0.629. The minimum Gasteiger partial charge on any atom is -0.376 e. The van der Waals surface area contributed by atoms with Crippen LogP contribution in [0.4, 0.5) is 0 Å². The van der Waals surface area contributed by atoms with Gasteiger partial charge in [-0.2, -0.15) is 5.26 Å². The van der Waals surface area contributed by atoms with E-state index in [9.17, 15) is 0 Å². The van der Waals surface area contributed by atoms with Gasteiger partial charge in [0, 0.05) is 5.57 Å². The standard InChI is InChI=1S/C16H17NO.C2H7N/c1-3-14-11-18-9-8-16(14)12(2)15-6-4-13(10-17)5-7-15;1-3-2/h3-4,6H,1-2,5,7-9,11H2;3H,1-2H3. The van der Waals surface area contributed by atoms with Crippen molar-refractivity contribution >= 4 is 0 Å². The molecule has 0 radical (unpaired) electrons. The van der Waals surface area contributed by atoms with Crippen molar-refractivity contribution in [3.05, 3.63) is 59.3 Å². The molecule has 1 aliphatic heterocycles. The Morgan fingerprint density at radius 2 is 2.05 bits per heavy atom. The predicted octanol–water partition coefficient (Wildman–Crippen LogP) is 3.45. The molecule has 3 nitrogen and oxygen atoms in total. The summed E-state index contributed by atoms with van der Waals surface area (Å²) in [6.07, 6.45) is 8.39. The van der Waals surface area contributed by atoms with Crippen LogP contribution in [0.5, 0.6) is 0 Å². The van der Waals surface area contributed by atoms with Gasteiger partial charge in [0.25, 0.3) is 0 Å². The van der Waals surface area contributed by atoms with Crippen LogP contribution in [-0.2, 0) is 4.74 Å². The zero-order valence-corrected chi connectivity index (χ0v) is 13.0. The lowest BCUT2D eigenvalue weighted by atomic mass is 9.86. The highest BCUT2D eigenvalue weighted by Crippen LogP contribution is 2.32. The summed E-state index contributed by atoms with van der Waals surface area (Å²) in [5, 5.41) is 11.6. The molecule has 21 heavy (non-hydrogen) atoms. The van der Waals surface area contributed by atoms with Gasteiger partial charge in [0.1, 0.15) is 0 Å². The van der Waals surface area contributed by atoms with E-state index in [0.717, 1.165) is 42.6 Å². The maximum absolute atomic E-state index is 8.84. The molecule has 2 aliphatic rings. The van der Waals surface area contributed by atoms with Crippen LogP contribution >= 0.6 is 0 Å². The topological polar surface area (TPSA) is 45.0 Å². The molecule has 0 amide bonds. The fourth-order valence-electron chi connectivity index (χ4n) is 2.31. The Bertz CT molecular complexity index is 530. The molecule has 1 N–H and O–H groups in total. The van der Waals surface area contributed by atoms with Crippen LogP contribution < -0.4 is 5.32 Å². The number of rotatable bonds is 3. The van der Waals surface area contributed by atoms with Crippen molar-refractivity contribution in [1.29, 1.82) is 5.26 Å². The van der Waals surface area contributed by atoms with Crippen molar-refractivity contribution < 1.29 is 4.74 Å². The van der Waals surface area contributed by atoms with Gasteiger partial charge >= 0.3 is 0 Å². The molecular weight excluding hydrogens is 260 g/mol. The lowest BCUT2D eigenvalue weighted by molar-refractivity contribution is 0.150. The third-order valence-corrected chi connectivity index (χ3v) is 3.43. The molecule has 0 saturated carbocycles. The van der Waals surface area contributed by atoms with Crippen molar-refractivity contribution in [2.75, 3.05) is 27.3 Å². The molecular formula is C18H24N2O. The summed E-state index contributed by atoms with van der Waals surface area (Å²) < 4.78 is 5.43. The third-order valence-electron chi connectivity index (χ3n) is 3.43. The Labute approximate surface area is 128 Å². The maximum Gasteiger partial charge on any atom is 0.0947 e. The highest BCUT2D eigenvalue weighted by atomic mass is 16.5. The average molecular weight is 284 g/mol. The third kappa shape index (κ3) is 4.86. The van der Waals surface area contributed by atoms with E-state index in [4.69, 9.17) is 10.00 Å². The average Bonchev–Trinajstić information content (AvgIpc) is 2.55. The molecule has 112 valence electrons. The number of ether oxygens (including phenoxy) is 1. The summed E-state index contributed by atoms with van der Waals surface area (Å²) in [5.41, 5.74) is 5.56. The van der Waals surface area contributed by atoms with Crippen LogP contribution in [0.15, 0.2) is 59.3 Å². The van der Waals surface area contributed by atoms with Crippen LogP contribution in [-0.4, -0.2) is 27.3 Å². The molecule has 0 aromatic heterocycles. The highest BCUT2D eigenvalue weighted by molar-refractivity contribution is 5.52. The second-order valence-corrected chi connectivity index (χ2v) is 4.98. The highest BCUT2D eigenvalue weighted by Gasteiger charge is 2.17. The number of hydrogen-bond acceptors (Lipinski definition) is 3. The lowest BCUT2D eigenvalue weighted by Gasteiger charge is -2.23. The fourth-order valence-corrected chi connectivity index (χ4v) is 2.31. The molecule has 0 aromatic rings. The van der Waals surface area contributed by atoms with E-state index in [-0.39, 0.29) is 0 Å². The first-order valence-corrected chi connectivity index (χ1v) is 7.18. The summed E-state index contributed by atoms with van der Waals surface area (Å²) in [6.45, 7) is 9.42. The van der Waals surface area contributed by atoms with Crippen molar-refractivity contribution in [2.45, 2.75) is 19.3 Å². The Kier molecular flexibility index (Phi) is 7.45. The number of nitrogens with one attached hydrogen (secondary N) is 1. The summed E-state index contributed by atoms with van der Waals surface area (Å²) in [5.74, 6) is 0. The van der Waals surface area contributed by atoms with E-state index in [1.807, 2.05) is 32.3 Å². The first-order chi connectivity index (χ1) is 10.2. The van der Waals surface area contributed by atoms with Gasteiger partial charge in [-0.1, -0.05) is 25.3 Å². The van der Waals surface area contributed by atoms with Gasteiger partial charge < -0.3 is 10.1 Å². The second-order valence-electron chi connectivity index (χ2n) is 4.98. The molecule has 0 unspecified atom stereocenters. The molecule has 1 heterocycles. The SMILES string of the molecule is C=CC1=C(C(=C)C2=CC=C(C#N)CC2)CCOC1.CNC. The largest absolute Gasteiger partial charge is 0.376 e. The predicted molar refractivity (Wildman–Crippen MR) is 87.8 cm³/mol. The van der Waals surface area contributed by atoms with Crippen LogP contribution in [0.1, 0.15) is 19.3 Å². The first kappa shape index (κ1) is 17.2. The quantitative estimate of drug-likeness (QED) is 0.863. The molecule has 1 aliphatic carbocycles. The molecule has 0 fully saturated rings. The van der Waals surface area contributed by atoms with Gasteiger partial charge in [-0.25, -0.2) is 0 Å². The van der Waals surface area contributed by atoms with E-state index in [1.165, 1.54) is 11.1 Å². The van der Waals surface area contributed by atoms with Gasteiger partial charge in [0.2, 0.25) is 0 Å². The Balaban J connectivity index is 0.000000677. The number of hydrogen-bond donors (Lipinski definition) is 1. The van der Waals surface area contributed by atoms with Gasteiger partial charge in [0.15, 0.2) is 0 Å². The van der Waals surface area contributed by atoms with Crippen LogP contribution in [0.3, 0.4) is 0 Å². The van der Waals surface area contributed by atoms with Crippen LogP contribution in [0.2, 0.25) is 0 Å². The van der Waals surface area contributed by atoms with Gasteiger partial charge in [-0.15, -0.1) is 0 Å². The van der Waals surface area contributed by atoms with Gasteiger partial charge in [-0.3, -0.25) is 0 Å². The van der Waals surface area contributed by atoms with Gasteiger partial charge in [-0.05, 0) is 61.7 Å². The molecule has 0 atom stereocenters. The summed E-state index contributed by atoms with van der Waals surface area (Å²) in [7, 11) is 3.75. The van der Waals surface area contributed by atoms with E-state index < -0.39 is 0 Å². The fraction of sp³-hybridized carbons (Fsp3) is 0.389. The van der Waals surface area contributed by atoms with Crippen molar-refractivity contribution in [2.24, 2.45) is 0 Å². The maximum atomic E-state index is 8.84. The Morgan fingerprint density at radius 3 is 2.57 bits per heavy atom. The molecule has 3 heteroatoms. The van der Waals surface area contributed by atoms with Crippen molar-refractivity contribution in [1.82, 2.24) is 5.32 Å². The molecule has 0 saturated heterocycles. The van der Waals surface area contributed by atoms with E-state index >= 15 is 0 Å². The Morgan fingerprint density at radius 1 is 1.33 bits per heavy atom. The monoisotopic (exact) mass is 284 g/mol. The van der Waals surface area contributed by atoms with Crippen LogP contribution in [0, 0.1) is 11.3 Å². The van der Waals surface area contributed by atoms with E-state index in [2.05, 4.69) is 24.5 Å². The number of nitriles is 1. The number of nitrogens with zero attached hydrogens (tertiary/aromatic N) is 1. The van der Waals surface area contributed by atoms with E-state index in [0.29, 0.717) is 6.61 Å². The van der Waals surface area contributed by atoms with Crippen LogP contribution in [0.25, 0.3) is 0 Å². The smallest absolute Gasteiger partial charge is 0.0947 e. The van der Waals surface area contributed by atoms with Gasteiger partial charge in [0.05, 0.1) is 19.3 Å². The Hall–Kier alpha value is -1.89. The molecule has 2 rings (SSSR count). The lowest BCUT2D eigenvalue weighted by Crippen LogP contribution is -2.12. The summed E-state index contributed by atoms with van der Waals surface area (Å²) in [6, 6.07) is 2.20. The molecule has 0 spiro atoms. The van der Waals surface area contributed by atoms with Crippen molar-refractivity contribution in [3.8, 4) is 6.07 Å².